The molecule has 0 spiro atoms. The number of nitrogens with zero attached hydrogens (tertiary/aromatic N) is 2. The number of fused-ring (bicyclic) bond motifs is 1. The molecule has 1 fully saturated rings. The van der Waals surface area contributed by atoms with E-state index in [1.54, 1.807) is 6.07 Å². The highest BCUT2D eigenvalue weighted by atomic mass is 35.5. The Morgan fingerprint density at radius 2 is 2.14 bits per heavy atom. The molecule has 5 rings (SSSR count). The lowest BCUT2D eigenvalue weighted by Crippen LogP contribution is -2.22. The van der Waals surface area contributed by atoms with Crippen LogP contribution in [0.3, 0.4) is 0 Å². The van der Waals surface area contributed by atoms with Crippen molar-refractivity contribution < 1.29 is 22.1 Å². The van der Waals surface area contributed by atoms with E-state index >= 15 is 0 Å². The van der Waals surface area contributed by atoms with Crippen LogP contribution in [-0.4, -0.2) is 43.4 Å². The molecule has 0 amide bonds. The second-order valence-electron chi connectivity index (χ2n) is 8.92. The number of carbonyl (C=O) groups is 1. The van der Waals surface area contributed by atoms with Gasteiger partial charge in [0.2, 0.25) is 5.78 Å². The van der Waals surface area contributed by atoms with Crippen LogP contribution in [0.1, 0.15) is 56.6 Å². The highest BCUT2D eigenvalue weighted by molar-refractivity contribution is 7.84. The lowest BCUT2D eigenvalue weighted by atomic mass is 9.96. The first-order valence-electron chi connectivity index (χ1n) is 11.6. The first-order valence-corrected chi connectivity index (χ1v) is 14.2. The third-order valence-electron chi connectivity index (χ3n) is 6.49. The monoisotopic (exact) mass is 548 g/mol. The number of nitrogens with one attached hydrogen (secondary N) is 1. The van der Waals surface area contributed by atoms with Crippen LogP contribution in [-0.2, 0) is 25.6 Å². The molecule has 190 valence electrons. The van der Waals surface area contributed by atoms with Crippen molar-refractivity contribution in [2.24, 2.45) is 11.1 Å². The van der Waals surface area contributed by atoms with E-state index in [0.29, 0.717) is 29.3 Å². The van der Waals surface area contributed by atoms with Gasteiger partial charge in [-0.05, 0) is 60.9 Å². The fraction of sp³-hybridized carbons (Fsp3) is 0.375. The molecule has 1 aliphatic heterocycles. The van der Waals surface area contributed by atoms with Gasteiger partial charge in [-0.3, -0.25) is 8.98 Å². The number of hydrogen-bond acceptors (Lipinski definition) is 9. The van der Waals surface area contributed by atoms with Crippen LogP contribution in [0, 0.1) is 5.92 Å². The van der Waals surface area contributed by atoms with Crippen LogP contribution in [0.2, 0.25) is 5.02 Å². The van der Waals surface area contributed by atoms with E-state index in [9.17, 15) is 13.2 Å². The first kappa shape index (κ1) is 25.2. The van der Waals surface area contributed by atoms with Gasteiger partial charge in [0.15, 0.2) is 0 Å². The number of rotatable bonds is 8. The first-order chi connectivity index (χ1) is 17.3. The quantitative estimate of drug-likeness (QED) is 0.405. The van der Waals surface area contributed by atoms with Gasteiger partial charge in [-0.25, -0.2) is 15.1 Å². The molecule has 1 aromatic carbocycles. The summed E-state index contributed by atoms with van der Waals surface area (Å²) >= 11 is 7.78. The maximum atomic E-state index is 13.4. The normalized spacial score (nSPS) is 21.8. The van der Waals surface area contributed by atoms with Crippen LogP contribution >= 0.6 is 22.9 Å². The summed E-state index contributed by atoms with van der Waals surface area (Å²) < 4.78 is 32.9. The Morgan fingerprint density at radius 1 is 1.28 bits per heavy atom. The summed E-state index contributed by atoms with van der Waals surface area (Å²) in [4.78, 5) is 23.3. The average Bonchev–Trinajstić information content (AvgIpc) is 3.52. The Hall–Kier alpha value is -2.41. The number of benzene rings is 1. The Balaban J connectivity index is 1.30. The molecular weight excluding hydrogens is 524 g/mol. The number of hydrogen-bond donors (Lipinski definition) is 2. The smallest absolute Gasteiger partial charge is 0.333 e. The average molecular weight is 549 g/mol. The molecule has 2 aliphatic rings. The van der Waals surface area contributed by atoms with Crippen molar-refractivity contribution >= 4 is 44.8 Å². The Kier molecular flexibility index (Phi) is 7.38. The van der Waals surface area contributed by atoms with Crippen molar-refractivity contribution in [1.29, 1.82) is 0 Å². The number of ether oxygens (including phenoxy) is 1. The molecule has 0 radical (unpaired) electrons. The third-order valence-corrected chi connectivity index (χ3v) is 8.44. The maximum absolute atomic E-state index is 13.4. The lowest BCUT2D eigenvalue weighted by Gasteiger charge is -2.26. The van der Waals surface area contributed by atoms with Gasteiger partial charge in [-0.15, -0.1) is 11.3 Å². The highest BCUT2D eigenvalue weighted by Gasteiger charge is 2.29. The summed E-state index contributed by atoms with van der Waals surface area (Å²) in [6.45, 7) is 0.607. The molecule has 1 saturated carbocycles. The minimum Gasteiger partial charge on any atom is -0.368 e. The van der Waals surface area contributed by atoms with Gasteiger partial charge in [0.25, 0.3) is 0 Å². The predicted octanol–water partition coefficient (Wildman–Crippen LogP) is 3.89. The maximum Gasteiger partial charge on any atom is 0.333 e. The van der Waals surface area contributed by atoms with E-state index < -0.39 is 10.3 Å². The molecule has 3 N–H and O–H groups in total. The van der Waals surface area contributed by atoms with Crippen LogP contribution in [0.15, 0.2) is 42.9 Å². The van der Waals surface area contributed by atoms with Gasteiger partial charge in [0, 0.05) is 22.1 Å². The number of halogens is 1. The number of thiophene rings is 1. The molecule has 3 heterocycles. The minimum atomic E-state index is -3.96. The lowest BCUT2D eigenvalue weighted by molar-refractivity contribution is 0.0722. The fourth-order valence-corrected chi connectivity index (χ4v) is 6.48. The number of carbonyl (C=O) groups excluding carboxylic acids is 1. The Morgan fingerprint density at radius 3 is 2.97 bits per heavy atom. The molecule has 9 nitrogen and oxygen atoms in total. The van der Waals surface area contributed by atoms with E-state index in [1.165, 1.54) is 23.9 Å². The van der Waals surface area contributed by atoms with Crippen molar-refractivity contribution in [3.63, 3.8) is 0 Å². The Bertz CT molecular complexity index is 1380. The molecule has 3 atom stereocenters. The van der Waals surface area contributed by atoms with Crippen molar-refractivity contribution in [2.75, 3.05) is 18.5 Å². The van der Waals surface area contributed by atoms with Crippen molar-refractivity contribution in [3.8, 4) is 0 Å². The van der Waals surface area contributed by atoms with Crippen molar-refractivity contribution in [3.05, 3.63) is 74.3 Å². The number of nitrogens with two attached hydrogens (primary N) is 1. The molecule has 1 aliphatic carbocycles. The molecule has 0 bridgehead atoms. The van der Waals surface area contributed by atoms with Crippen LogP contribution < -0.4 is 10.5 Å². The van der Waals surface area contributed by atoms with E-state index in [1.807, 2.05) is 24.3 Å². The van der Waals surface area contributed by atoms with E-state index in [4.69, 9.17) is 25.7 Å². The van der Waals surface area contributed by atoms with Gasteiger partial charge in [-0.2, -0.15) is 8.42 Å². The van der Waals surface area contributed by atoms with E-state index in [-0.39, 0.29) is 30.5 Å². The predicted molar refractivity (Wildman–Crippen MR) is 137 cm³/mol. The summed E-state index contributed by atoms with van der Waals surface area (Å²) in [6, 6.07) is 9.56. The second kappa shape index (κ2) is 10.5. The number of ketones is 1. The molecule has 1 unspecified atom stereocenters. The van der Waals surface area contributed by atoms with Crippen LogP contribution in [0.25, 0.3) is 0 Å². The van der Waals surface area contributed by atoms with Gasteiger partial charge in [0.05, 0.1) is 23.7 Å². The zero-order valence-corrected chi connectivity index (χ0v) is 21.6. The summed E-state index contributed by atoms with van der Waals surface area (Å²) in [5.74, 6) is 0.325. The largest absolute Gasteiger partial charge is 0.368 e. The zero-order valence-electron chi connectivity index (χ0n) is 19.2. The van der Waals surface area contributed by atoms with E-state index in [2.05, 4.69) is 15.3 Å². The summed E-state index contributed by atoms with van der Waals surface area (Å²) in [7, 11) is -3.96. The van der Waals surface area contributed by atoms with Crippen LogP contribution in [0.4, 0.5) is 5.82 Å². The molecular formula is C24H25ClN4O5S2. The molecule has 36 heavy (non-hydrogen) atoms. The van der Waals surface area contributed by atoms with Crippen LogP contribution in [0.5, 0.6) is 0 Å². The van der Waals surface area contributed by atoms with E-state index in [0.717, 1.165) is 40.3 Å². The van der Waals surface area contributed by atoms with Gasteiger partial charge < -0.3 is 10.1 Å². The highest BCUT2D eigenvalue weighted by Crippen LogP contribution is 2.39. The Labute approximate surface area is 218 Å². The number of aromatic nitrogens is 2. The minimum absolute atomic E-state index is 0.0244. The van der Waals surface area contributed by atoms with Gasteiger partial charge >= 0.3 is 10.3 Å². The van der Waals surface area contributed by atoms with Crippen molar-refractivity contribution in [2.45, 2.75) is 37.8 Å². The summed E-state index contributed by atoms with van der Waals surface area (Å²) in [6.07, 6.45) is 5.65. The zero-order chi connectivity index (χ0) is 25.3. The fourth-order valence-electron chi connectivity index (χ4n) is 4.79. The third kappa shape index (κ3) is 5.61. The van der Waals surface area contributed by atoms with Gasteiger partial charge in [-0.1, -0.05) is 23.7 Å². The standard InChI is InChI=1S/C24H25ClN4O5S2/c25-19-3-1-2-17-16(19)8-9-33-23(17)21-7-6-20(35-21)22(30)18-11-27-13-28-24(18)29-15-5-4-14(10-15)12-34-36(26,31)32/h1-3,6-7,11,13-15,23H,4-5,8-10,12H2,(H2,26,31,32)(H,27,28,29)/t14-,15+,23?/m1/s1. The molecule has 0 saturated heterocycles. The van der Waals surface area contributed by atoms with Gasteiger partial charge in [0.1, 0.15) is 18.2 Å². The summed E-state index contributed by atoms with van der Waals surface area (Å²) in [5, 5.41) is 8.99. The summed E-state index contributed by atoms with van der Waals surface area (Å²) in [5.41, 5.74) is 2.49. The molecule has 3 aromatic rings. The molecule has 2 aromatic heterocycles. The molecule has 12 heteroatoms. The SMILES string of the molecule is NS(=O)(=O)OC[C@@H]1CC[C@H](Nc2ncncc2C(=O)c2ccc(C3OCCc4c(Cl)cccc43)s2)C1. The second-order valence-corrected chi connectivity index (χ2v) is 11.7. The topological polar surface area (TPSA) is 134 Å². The van der Waals surface area contributed by atoms with Crippen molar-refractivity contribution in [1.82, 2.24) is 9.97 Å². The number of anilines is 1.